The highest BCUT2D eigenvalue weighted by Crippen LogP contribution is 2.53. The van der Waals surface area contributed by atoms with Crippen LogP contribution >= 0.6 is 0 Å². The summed E-state index contributed by atoms with van der Waals surface area (Å²) in [6, 6.07) is 52.8. The fourth-order valence-electron chi connectivity index (χ4n) is 10.6. The average molecular weight is 889 g/mol. The molecule has 0 aromatic heterocycles. The van der Waals surface area contributed by atoms with E-state index in [1.165, 1.54) is 147 Å². The molecule has 1 fully saturated rings. The quantitative estimate of drug-likeness (QED) is 0.0610. The normalized spacial score (nSPS) is 14.4. The molecule has 1 atom stereocenters. The summed E-state index contributed by atoms with van der Waals surface area (Å²) in [4.78, 5) is 5.16. The summed E-state index contributed by atoms with van der Waals surface area (Å²) in [5.74, 6) is 2.05. The number of unbranched alkanes of at least 4 members (excludes halogenated alkanes) is 2. The smallest absolute Gasteiger partial charge is 0.0620 e. The number of fused-ring (bicyclic) bond motifs is 2. The van der Waals surface area contributed by atoms with Gasteiger partial charge in [-0.25, -0.2) is 0 Å². The number of hydrogen-bond donors (Lipinski definition) is 0. The molecule has 2 heteroatoms. The third-order valence-electron chi connectivity index (χ3n) is 15.1. The second-order valence-electron chi connectivity index (χ2n) is 22.8. The van der Waals surface area contributed by atoms with Crippen molar-refractivity contribution in [1.29, 1.82) is 0 Å². The minimum atomic E-state index is -0.0582. The molecule has 0 saturated heterocycles. The van der Waals surface area contributed by atoms with Gasteiger partial charge in [0.15, 0.2) is 0 Å². The molecular weight excluding hydrogens is 809 g/mol. The number of rotatable bonds is 14. The van der Waals surface area contributed by atoms with Gasteiger partial charge in [0, 0.05) is 44.3 Å². The van der Waals surface area contributed by atoms with E-state index in [-0.39, 0.29) is 10.8 Å². The van der Waals surface area contributed by atoms with Crippen LogP contribution in [0.1, 0.15) is 198 Å². The lowest BCUT2D eigenvalue weighted by molar-refractivity contribution is 0.443. The summed E-state index contributed by atoms with van der Waals surface area (Å²) in [6.45, 7) is 28.0. The van der Waals surface area contributed by atoms with Crippen molar-refractivity contribution >= 4 is 55.7 Å². The first kappa shape index (κ1) is 48.1. The largest absolute Gasteiger partial charge is 0.309 e. The Balaban J connectivity index is 1.47. The van der Waals surface area contributed by atoms with E-state index >= 15 is 0 Å². The zero-order valence-corrected chi connectivity index (χ0v) is 43.3. The standard InChI is InChI=1S/C65H80N2/c1-13-14-16-19-46(6)49-26-36-56(37-27-49)66(54-32-22-47(23-33-54)44(2)3)62-58-40-30-53(65(10,11)12)43-61(58)63(59-41-31-52(42-60(59)62)64(7,8)9)67(55-34-24-48(25-35-55)45(4)5)57-38-28-51(29-39-57)50-20-17-15-18-21-50/h22-46,50H,13-21H2,1-12H3. The summed E-state index contributed by atoms with van der Waals surface area (Å²) >= 11 is 0. The highest BCUT2D eigenvalue weighted by molar-refractivity contribution is 6.23. The molecule has 7 aromatic carbocycles. The highest BCUT2D eigenvalue weighted by Gasteiger charge is 2.29. The van der Waals surface area contributed by atoms with Gasteiger partial charge in [-0.2, -0.15) is 0 Å². The molecule has 0 heterocycles. The Morgan fingerprint density at radius 3 is 1.21 bits per heavy atom. The Bertz CT molecular complexity index is 2730. The summed E-state index contributed by atoms with van der Waals surface area (Å²) in [5.41, 5.74) is 15.3. The molecule has 0 aliphatic heterocycles. The van der Waals surface area contributed by atoms with Crippen LogP contribution in [0.3, 0.4) is 0 Å². The minimum Gasteiger partial charge on any atom is -0.309 e. The molecule has 0 radical (unpaired) electrons. The summed E-state index contributed by atoms with van der Waals surface area (Å²) in [6.07, 6.45) is 11.6. The fourth-order valence-corrected chi connectivity index (χ4v) is 10.6. The third kappa shape index (κ3) is 10.4. The molecule has 0 spiro atoms. The second kappa shape index (κ2) is 20.1. The lowest BCUT2D eigenvalue weighted by Crippen LogP contribution is -2.17. The van der Waals surface area contributed by atoms with Gasteiger partial charge in [0.25, 0.3) is 0 Å². The Hall–Kier alpha value is -5.34. The fraction of sp³-hybridized carbons (Fsp3) is 0.415. The van der Waals surface area contributed by atoms with Gasteiger partial charge in [-0.1, -0.05) is 194 Å². The van der Waals surface area contributed by atoms with Crippen molar-refractivity contribution in [3.63, 3.8) is 0 Å². The van der Waals surface area contributed by atoms with Gasteiger partial charge in [0.05, 0.1) is 11.4 Å². The van der Waals surface area contributed by atoms with E-state index in [0.717, 1.165) is 0 Å². The molecule has 1 saturated carbocycles. The molecule has 0 N–H and O–H groups in total. The first-order valence-corrected chi connectivity index (χ1v) is 26.1. The van der Waals surface area contributed by atoms with Gasteiger partial charge in [0.1, 0.15) is 0 Å². The molecule has 7 aromatic rings. The molecule has 350 valence electrons. The van der Waals surface area contributed by atoms with Crippen LogP contribution in [0.5, 0.6) is 0 Å². The maximum atomic E-state index is 2.59. The van der Waals surface area contributed by atoms with Gasteiger partial charge in [0.2, 0.25) is 0 Å². The van der Waals surface area contributed by atoms with E-state index in [1.54, 1.807) is 0 Å². The van der Waals surface area contributed by atoms with Gasteiger partial charge in [-0.3, -0.25) is 0 Å². The van der Waals surface area contributed by atoms with Crippen LogP contribution in [-0.2, 0) is 10.8 Å². The van der Waals surface area contributed by atoms with Crippen LogP contribution in [0.2, 0.25) is 0 Å². The molecule has 1 aliphatic rings. The van der Waals surface area contributed by atoms with Crippen molar-refractivity contribution in [3.05, 3.63) is 167 Å². The first-order chi connectivity index (χ1) is 32.0. The molecule has 67 heavy (non-hydrogen) atoms. The molecule has 2 nitrogen and oxygen atoms in total. The highest BCUT2D eigenvalue weighted by atomic mass is 15.2. The number of anilines is 6. The summed E-state index contributed by atoms with van der Waals surface area (Å²) in [5, 5.41) is 5.00. The zero-order valence-electron chi connectivity index (χ0n) is 43.3. The molecule has 1 unspecified atom stereocenters. The minimum absolute atomic E-state index is 0.0575. The van der Waals surface area contributed by atoms with Crippen LogP contribution < -0.4 is 9.80 Å². The van der Waals surface area contributed by atoms with Gasteiger partial charge >= 0.3 is 0 Å². The lowest BCUT2D eigenvalue weighted by Gasteiger charge is -2.34. The van der Waals surface area contributed by atoms with E-state index in [0.29, 0.717) is 23.7 Å². The van der Waals surface area contributed by atoms with Crippen molar-refractivity contribution in [2.45, 2.75) is 175 Å². The number of hydrogen-bond acceptors (Lipinski definition) is 2. The Morgan fingerprint density at radius 1 is 0.448 bits per heavy atom. The van der Waals surface area contributed by atoms with Crippen molar-refractivity contribution in [2.75, 3.05) is 9.80 Å². The summed E-state index contributed by atoms with van der Waals surface area (Å²) < 4.78 is 0. The molecule has 0 bridgehead atoms. The Morgan fingerprint density at radius 2 is 0.836 bits per heavy atom. The van der Waals surface area contributed by atoms with Crippen LogP contribution in [0.25, 0.3) is 21.5 Å². The van der Waals surface area contributed by atoms with Gasteiger partial charge in [-0.05, 0) is 148 Å². The predicted molar refractivity (Wildman–Crippen MR) is 295 cm³/mol. The number of benzene rings is 7. The predicted octanol–water partition coefficient (Wildman–Crippen LogP) is 20.5. The zero-order chi connectivity index (χ0) is 47.6. The molecule has 8 rings (SSSR count). The maximum Gasteiger partial charge on any atom is 0.0620 e. The lowest BCUT2D eigenvalue weighted by atomic mass is 9.82. The van der Waals surface area contributed by atoms with Crippen molar-refractivity contribution in [1.82, 2.24) is 0 Å². The maximum absolute atomic E-state index is 2.59. The first-order valence-electron chi connectivity index (χ1n) is 26.1. The van der Waals surface area contributed by atoms with E-state index in [4.69, 9.17) is 0 Å². The van der Waals surface area contributed by atoms with Crippen LogP contribution in [-0.4, -0.2) is 0 Å². The van der Waals surface area contributed by atoms with Crippen LogP contribution in [0, 0.1) is 0 Å². The topological polar surface area (TPSA) is 6.48 Å². The van der Waals surface area contributed by atoms with E-state index in [2.05, 4.69) is 226 Å². The Labute approximate surface area is 405 Å². The average Bonchev–Trinajstić information content (AvgIpc) is 3.32. The Kier molecular flexibility index (Phi) is 14.4. The van der Waals surface area contributed by atoms with E-state index < -0.39 is 0 Å². The molecular formula is C65H80N2. The summed E-state index contributed by atoms with van der Waals surface area (Å²) in [7, 11) is 0. The van der Waals surface area contributed by atoms with Crippen molar-refractivity contribution in [2.24, 2.45) is 0 Å². The van der Waals surface area contributed by atoms with E-state index in [1.807, 2.05) is 0 Å². The van der Waals surface area contributed by atoms with Crippen molar-refractivity contribution in [3.8, 4) is 0 Å². The van der Waals surface area contributed by atoms with Gasteiger partial charge in [-0.15, -0.1) is 0 Å². The van der Waals surface area contributed by atoms with E-state index in [9.17, 15) is 0 Å². The molecule has 0 amide bonds. The SMILES string of the molecule is CCCCCC(C)c1ccc(N(c2ccc(C(C)C)cc2)c2c3ccc(C(C)(C)C)cc3c(N(c3ccc(C(C)C)cc3)c3ccc(C4CCCCC4)cc3)c3ccc(C(C)(C)C)cc23)cc1. The second-order valence-corrected chi connectivity index (χ2v) is 22.8. The molecule has 1 aliphatic carbocycles. The third-order valence-corrected chi connectivity index (χ3v) is 15.1. The van der Waals surface area contributed by atoms with Gasteiger partial charge < -0.3 is 9.80 Å². The monoisotopic (exact) mass is 889 g/mol. The van der Waals surface area contributed by atoms with Crippen molar-refractivity contribution < 1.29 is 0 Å². The van der Waals surface area contributed by atoms with Crippen LogP contribution in [0.15, 0.2) is 133 Å². The number of nitrogens with zero attached hydrogens (tertiary/aromatic N) is 2. The van der Waals surface area contributed by atoms with Crippen LogP contribution in [0.4, 0.5) is 34.1 Å².